The van der Waals surface area contributed by atoms with Crippen molar-refractivity contribution >= 4 is 32.1 Å². The zero-order chi connectivity index (χ0) is 21.5. The van der Waals surface area contributed by atoms with E-state index >= 15 is 0 Å². The van der Waals surface area contributed by atoms with Crippen molar-refractivity contribution in [1.29, 1.82) is 0 Å². The molecule has 0 fully saturated rings. The molecule has 5 nitrogen and oxygen atoms in total. The summed E-state index contributed by atoms with van der Waals surface area (Å²) in [7, 11) is -0.888. The van der Waals surface area contributed by atoms with E-state index in [-0.39, 0.29) is 5.75 Å². The maximum Gasteiger partial charge on any atom is 0.160 e. The first-order chi connectivity index (χ1) is 14.2. The van der Waals surface area contributed by atoms with Crippen LogP contribution < -0.4 is 5.32 Å². The SMILES string of the molecule is Cn1c2c(c3cc(Nc4ccc(F)c(F)c4)ccc31)CN(CCCS(C)(=O)=O)CC2. The van der Waals surface area contributed by atoms with Crippen LogP contribution in [0.2, 0.25) is 0 Å². The van der Waals surface area contributed by atoms with Gasteiger partial charge in [0.1, 0.15) is 9.84 Å². The van der Waals surface area contributed by atoms with Crippen LogP contribution in [0.3, 0.4) is 0 Å². The van der Waals surface area contributed by atoms with Crippen LogP contribution in [-0.4, -0.2) is 43.0 Å². The van der Waals surface area contributed by atoms with E-state index < -0.39 is 21.5 Å². The third-order valence-corrected chi connectivity index (χ3v) is 6.71. The zero-order valence-corrected chi connectivity index (χ0v) is 17.9. The molecular weight excluding hydrogens is 408 g/mol. The molecule has 3 aromatic rings. The summed E-state index contributed by atoms with van der Waals surface area (Å²) in [5.74, 6) is -1.55. The van der Waals surface area contributed by atoms with Gasteiger partial charge in [0.25, 0.3) is 0 Å². The van der Waals surface area contributed by atoms with Crippen LogP contribution >= 0.6 is 0 Å². The summed E-state index contributed by atoms with van der Waals surface area (Å²) >= 11 is 0. The Morgan fingerprint density at radius 1 is 1.07 bits per heavy atom. The van der Waals surface area contributed by atoms with Crippen LogP contribution in [0.15, 0.2) is 36.4 Å². The molecule has 0 unspecified atom stereocenters. The second-order valence-electron chi connectivity index (χ2n) is 7.98. The normalized spacial score (nSPS) is 14.8. The lowest BCUT2D eigenvalue weighted by Crippen LogP contribution is -2.32. The topological polar surface area (TPSA) is 54.3 Å². The van der Waals surface area contributed by atoms with Gasteiger partial charge in [-0.2, -0.15) is 0 Å². The summed E-state index contributed by atoms with van der Waals surface area (Å²) in [6, 6.07) is 9.75. The van der Waals surface area contributed by atoms with Crippen molar-refractivity contribution in [3.8, 4) is 0 Å². The first-order valence-electron chi connectivity index (χ1n) is 9.93. The Morgan fingerprint density at radius 2 is 1.80 bits per heavy atom. The van der Waals surface area contributed by atoms with E-state index in [0.29, 0.717) is 12.1 Å². The van der Waals surface area contributed by atoms with Crippen LogP contribution in [0.25, 0.3) is 10.9 Å². The molecule has 1 aliphatic rings. The Labute approximate surface area is 175 Å². The van der Waals surface area contributed by atoms with E-state index in [0.717, 1.165) is 54.8 Å². The van der Waals surface area contributed by atoms with Crippen molar-refractivity contribution in [2.45, 2.75) is 19.4 Å². The zero-order valence-electron chi connectivity index (χ0n) is 17.1. The molecule has 0 saturated heterocycles. The molecule has 4 rings (SSSR count). The monoisotopic (exact) mass is 433 g/mol. The number of aryl methyl sites for hydroxylation is 1. The van der Waals surface area contributed by atoms with Crippen LogP contribution in [-0.2, 0) is 29.9 Å². The van der Waals surface area contributed by atoms with Crippen molar-refractivity contribution in [2.75, 3.05) is 30.4 Å². The van der Waals surface area contributed by atoms with E-state index in [1.807, 2.05) is 18.2 Å². The fraction of sp³-hybridized carbons (Fsp3) is 0.364. The summed E-state index contributed by atoms with van der Waals surface area (Å²) < 4.78 is 51.7. The quantitative estimate of drug-likeness (QED) is 0.639. The Kier molecular flexibility index (Phi) is 5.55. The van der Waals surface area contributed by atoms with Crippen LogP contribution in [0.4, 0.5) is 20.2 Å². The van der Waals surface area contributed by atoms with Gasteiger partial charge in [-0.15, -0.1) is 0 Å². The number of rotatable bonds is 6. The highest BCUT2D eigenvalue weighted by Crippen LogP contribution is 2.33. The minimum Gasteiger partial charge on any atom is -0.355 e. The number of benzene rings is 2. The lowest BCUT2D eigenvalue weighted by atomic mass is 10.0. The number of fused-ring (bicyclic) bond motifs is 3. The van der Waals surface area contributed by atoms with Gasteiger partial charge in [-0.3, -0.25) is 4.90 Å². The van der Waals surface area contributed by atoms with Crippen molar-refractivity contribution < 1.29 is 17.2 Å². The van der Waals surface area contributed by atoms with Gasteiger partial charge in [-0.05, 0) is 48.9 Å². The number of halogens is 2. The molecule has 1 N–H and O–H groups in total. The van der Waals surface area contributed by atoms with Crippen LogP contribution in [0.5, 0.6) is 0 Å². The fourth-order valence-corrected chi connectivity index (χ4v) is 4.85. The highest BCUT2D eigenvalue weighted by molar-refractivity contribution is 7.90. The van der Waals surface area contributed by atoms with Gasteiger partial charge >= 0.3 is 0 Å². The predicted octanol–water partition coefficient (Wildman–Crippen LogP) is 3.99. The molecule has 0 atom stereocenters. The first-order valence-corrected chi connectivity index (χ1v) is 12.0. The molecule has 0 spiro atoms. The maximum absolute atomic E-state index is 13.5. The van der Waals surface area contributed by atoms with E-state index in [4.69, 9.17) is 0 Å². The molecule has 30 heavy (non-hydrogen) atoms. The number of aromatic nitrogens is 1. The standard InChI is InChI=1S/C22H25F2N3O2S/c1-26-21-7-5-15(25-16-4-6-19(23)20(24)13-16)12-17(21)18-14-27(10-8-22(18)26)9-3-11-30(2,28)29/h4-7,12-13,25H,3,8-11,14H2,1-2H3. The summed E-state index contributed by atoms with van der Waals surface area (Å²) in [5.41, 5.74) is 4.94. The molecule has 0 radical (unpaired) electrons. The molecule has 0 aliphatic carbocycles. The molecular formula is C22H25F2N3O2S. The van der Waals surface area contributed by atoms with E-state index in [2.05, 4.69) is 21.8 Å². The average Bonchev–Trinajstić information content (AvgIpc) is 2.95. The molecule has 2 heterocycles. The highest BCUT2D eigenvalue weighted by Gasteiger charge is 2.23. The van der Waals surface area contributed by atoms with Crippen molar-refractivity contribution in [3.05, 3.63) is 59.3 Å². The number of anilines is 2. The van der Waals surface area contributed by atoms with Gasteiger partial charge < -0.3 is 9.88 Å². The van der Waals surface area contributed by atoms with Crippen molar-refractivity contribution in [1.82, 2.24) is 9.47 Å². The minimum absolute atomic E-state index is 0.203. The predicted molar refractivity (Wildman–Crippen MR) is 116 cm³/mol. The van der Waals surface area contributed by atoms with E-state index in [1.165, 1.54) is 23.6 Å². The molecule has 8 heteroatoms. The highest BCUT2D eigenvalue weighted by atomic mass is 32.2. The Morgan fingerprint density at radius 3 is 2.53 bits per heavy atom. The second-order valence-corrected chi connectivity index (χ2v) is 10.2. The average molecular weight is 434 g/mol. The summed E-state index contributed by atoms with van der Waals surface area (Å²) in [6.07, 6.45) is 2.81. The van der Waals surface area contributed by atoms with Crippen LogP contribution in [0.1, 0.15) is 17.7 Å². The number of nitrogens with zero attached hydrogens (tertiary/aromatic N) is 2. The lowest BCUT2D eigenvalue weighted by molar-refractivity contribution is 0.253. The van der Waals surface area contributed by atoms with E-state index in [1.54, 1.807) is 0 Å². The van der Waals surface area contributed by atoms with Crippen molar-refractivity contribution in [2.24, 2.45) is 7.05 Å². The molecule has 1 aliphatic heterocycles. The van der Waals surface area contributed by atoms with Gasteiger partial charge in [0.15, 0.2) is 11.6 Å². The maximum atomic E-state index is 13.5. The molecule has 0 bridgehead atoms. The molecule has 0 amide bonds. The lowest BCUT2D eigenvalue weighted by Gasteiger charge is -2.27. The molecule has 2 aromatic carbocycles. The summed E-state index contributed by atoms with van der Waals surface area (Å²) in [4.78, 5) is 2.29. The number of hydrogen-bond acceptors (Lipinski definition) is 4. The Bertz CT molecular complexity index is 1200. The number of sulfone groups is 1. The van der Waals surface area contributed by atoms with Gasteiger partial charge in [-0.1, -0.05) is 0 Å². The Balaban J connectivity index is 1.58. The molecule has 0 saturated carbocycles. The van der Waals surface area contributed by atoms with E-state index in [9.17, 15) is 17.2 Å². The minimum atomic E-state index is -2.95. The van der Waals surface area contributed by atoms with Gasteiger partial charge in [0, 0.05) is 66.9 Å². The van der Waals surface area contributed by atoms with Crippen LogP contribution in [0, 0.1) is 11.6 Å². The summed E-state index contributed by atoms with van der Waals surface area (Å²) in [5, 5.41) is 4.26. The number of nitrogens with one attached hydrogen (secondary N) is 1. The van der Waals surface area contributed by atoms with Crippen molar-refractivity contribution in [3.63, 3.8) is 0 Å². The van der Waals surface area contributed by atoms with Gasteiger partial charge in [0.2, 0.25) is 0 Å². The number of hydrogen-bond donors (Lipinski definition) is 1. The smallest absolute Gasteiger partial charge is 0.160 e. The third-order valence-electron chi connectivity index (χ3n) is 5.68. The van der Waals surface area contributed by atoms with Gasteiger partial charge in [0.05, 0.1) is 5.75 Å². The molecule has 1 aromatic heterocycles. The first kappa shape index (κ1) is 20.8. The Hall–Kier alpha value is -2.45. The second kappa shape index (κ2) is 8.00. The largest absolute Gasteiger partial charge is 0.355 e. The summed E-state index contributed by atoms with van der Waals surface area (Å²) in [6.45, 7) is 2.42. The fourth-order valence-electron chi connectivity index (χ4n) is 4.19. The molecule has 160 valence electrons. The van der Waals surface area contributed by atoms with Gasteiger partial charge in [-0.25, -0.2) is 17.2 Å². The third kappa shape index (κ3) is 4.34.